The highest BCUT2D eigenvalue weighted by atomic mass is 19.1. The van der Waals surface area contributed by atoms with Crippen LogP contribution in [-0.4, -0.2) is 18.3 Å². The van der Waals surface area contributed by atoms with Crippen molar-refractivity contribution in [2.24, 2.45) is 4.99 Å². The molecule has 0 bridgehead atoms. The van der Waals surface area contributed by atoms with E-state index in [2.05, 4.69) is 40.3 Å². The number of hydrogen-bond donors (Lipinski definition) is 1. The summed E-state index contributed by atoms with van der Waals surface area (Å²) in [4.78, 5) is 8.01. The van der Waals surface area contributed by atoms with Gasteiger partial charge in [0.05, 0.1) is 12.9 Å². The van der Waals surface area contributed by atoms with Crippen LogP contribution < -0.4 is 0 Å². The lowest BCUT2D eigenvalue weighted by Gasteiger charge is -2.10. The van der Waals surface area contributed by atoms with Crippen LogP contribution in [0.5, 0.6) is 0 Å². The molecule has 0 fully saturated rings. The quantitative estimate of drug-likeness (QED) is 0.704. The van der Waals surface area contributed by atoms with Crippen molar-refractivity contribution >= 4 is 17.6 Å². The minimum Gasteiger partial charge on any atom is -0.501 e. The van der Waals surface area contributed by atoms with Crippen LogP contribution in [0, 0.1) is 5.82 Å². The molecule has 0 unspecified atom stereocenters. The molecule has 0 spiro atoms. The number of benzene rings is 1. The first-order chi connectivity index (χ1) is 13.2. The molecule has 2 aromatic rings. The number of methoxy groups -OCH3 is 1. The normalized spacial score (nSPS) is 19.6. The first kappa shape index (κ1) is 17.3. The minimum absolute atomic E-state index is 0.239. The van der Waals surface area contributed by atoms with Gasteiger partial charge in [0.15, 0.2) is 0 Å². The second-order valence-corrected chi connectivity index (χ2v) is 6.52. The number of rotatable bonds is 3. The zero-order valence-electron chi connectivity index (χ0n) is 15.2. The third kappa shape index (κ3) is 3.70. The summed E-state index contributed by atoms with van der Waals surface area (Å²) in [6.45, 7) is 0. The average molecular weight is 360 g/mol. The number of ether oxygens (including phenoxy) is 1. The lowest BCUT2D eigenvalue weighted by atomic mass is 9.96. The summed E-state index contributed by atoms with van der Waals surface area (Å²) >= 11 is 0. The second-order valence-electron chi connectivity index (χ2n) is 6.52. The van der Waals surface area contributed by atoms with Crippen molar-refractivity contribution in [3.05, 3.63) is 83.4 Å². The summed E-state index contributed by atoms with van der Waals surface area (Å²) in [7, 11) is 1.70. The Kier molecular flexibility index (Phi) is 4.88. The van der Waals surface area contributed by atoms with E-state index in [9.17, 15) is 4.39 Å². The van der Waals surface area contributed by atoms with E-state index in [0.29, 0.717) is 0 Å². The molecule has 3 nitrogen and oxygen atoms in total. The lowest BCUT2D eigenvalue weighted by Crippen LogP contribution is -1.90. The van der Waals surface area contributed by atoms with Crippen molar-refractivity contribution in [3.8, 4) is 11.3 Å². The maximum absolute atomic E-state index is 13.3. The van der Waals surface area contributed by atoms with E-state index < -0.39 is 0 Å². The number of aromatic amines is 1. The molecule has 0 radical (unpaired) electrons. The fourth-order valence-corrected chi connectivity index (χ4v) is 3.32. The fraction of sp³-hybridized carbons (Fsp3) is 0.174. The van der Waals surface area contributed by atoms with Crippen LogP contribution in [0.15, 0.2) is 77.0 Å². The van der Waals surface area contributed by atoms with Gasteiger partial charge in [0.25, 0.3) is 0 Å². The molecule has 0 atom stereocenters. The Labute approximate surface area is 158 Å². The Hall–Kier alpha value is -3.14. The highest BCUT2D eigenvalue weighted by Crippen LogP contribution is 2.37. The summed E-state index contributed by atoms with van der Waals surface area (Å²) in [6, 6.07) is 8.60. The maximum Gasteiger partial charge on any atom is 0.137 e. The number of H-pyrrole nitrogens is 1. The molecule has 1 N–H and O–H groups in total. The molecule has 27 heavy (non-hydrogen) atoms. The van der Waals surface area contributed by atoms with Gasteiger partial charge in [-0.05, 0) is 66.0 Å². The van der Waals surface area contributed by atoms with E-state index >= 15 is 0 Å². The molecule has 4 heteroatoms. The van der Waals surface area contributed by atoms with Crippen LogP contribution >= 0.6 is 0 Å². The first-order valence-corrected chi connectivity index (χ1v) is 9.08. The zero-order chi connectivity index (χ0) is 18.6. The maximum atomic E-state index is 13.3. The standard InChI is InChI=1S/C23H21FN2O/c1-27-19-6-4-5-16(10-13-19)20-7-2-3-14-25-23-21(20)15-22(26-23)17-8-11-18(24)12-9-17/h4-5,7-15,26H,2-3,6H2,1H3/b20-7-,25-14-. The van der Waals surface area contributed by atoms with Crippen LogP contribution in [0.3, 0.4) is 0 Å². The summed E-state index contributed by atoms with van der Waals surface area (Å²) in [6.07, 6.45) is 15.2. The predicted molar refractivity (Wildman–Crippen MR) is 108 cm³/mol. The molecule has 1 aliphatic heterocycles. The van der Waals surface area contributed by atoms with Gasteiger partial charge in [-0.2, -0.15) is 0 Å². The number of halogens is 1. The number of hydrogen-bond acceptors (Lipinski definition) is 2. The van der Waals surface area contributed by atoms with Gasteiger partial charge in [-0.3, -0.25) is 0 Å². The molecule has 2 aliphatic rings. The predicted octanol–water partition coefficient (Wildman–Crippen LogP) is 6.12. The highest BCUT2D eigenvalue weighted by molar-refractivity contribution is 5.90. The van der Waals surface area contributed by atoms with Crippen molar-refractivity contribution in [3.63, 3.8) is 0 Å². The monoisotopic (exact) mass is 360 g/mol. The van der Waals surface area contributed by atoms with E-state index in [1.54, 1.807) is 19.2 Å². The lowest BCUT2D eigenvalue weighted by molar-refractivity contribution is 0.285. The van der Waals surface area contributed by atoms with Crippen molar-refractivity contribution < 1.29 is 9.13 Å². The molecule has 0 amide bonds. The van der Waals surface area contributed by atoms with Gasteiger partial charge in [0, 0.05) is 23.9 Å². The molecule has 2 heterocycles. The summed E-state index contributed by atoms with van der Waals surface area (Å²) in [5.74, 6) is 1.53. The van der Waals surface area contributed by atoms with Crippen LogP contribution in [0.1, 0.15) is 24.8 Å². The van der Waals surface area contributed by atoms with Gasteiger partial charge in [-0.15, -0.1) is 0 Å². The average Bonchev–Trinajstić information content (AvgIpc) is 2.92. The van der Waals surface area contributed by atoms with Gasteiger partial charge in [0.1, 0.15) is 11.6 Å². The van der Waals surface area contributed by atoms with Crippen LogP contribution in [0.25, 0.3) is 16.8 Å². The Morgan fingerprint density at radius 1 is 1.11 bits per heavy atom. The fourth-order valence-electron chi connectivity index (χ4n) is 3.32. The second kappa shape index (κ2) is 7.62. The minimum atomic E-state index is -0.239. The van der Waals surface area contributed by atoms with Gasteiger partial charge >= 0.3 is 0 Å². The number of fused-ring (bicyclic) bond motifs is 1. The number of aliphatic imine (C=N–C) groups is 1. The molecule has 0 saturated heterocycles. The number of allylic oxidation sites excluding steroid dienone is 7. The van der Waals surface area contributed by atoms with Crippen LogP contribution in [0.4, 0.5) is 10.2 Å². The molecule has 4 rings (SSSR count). The van der Waals surface area contributed by atoms with Gasteiger partial charge in [0.2, 0.25) is 0 Å². The van der Waals surface area contributed by atoms with Crippen molar-refractivity contribution in [2.75, 3.05) is 7.11 Å². The summed E-state index contributed by atoms with van der Waals surface area (Å²) in [5.41, 5.74) is 5.19. The Morgan fingerprint density at radius 3 is 2.78 bits per heavy atom. The number of nitrogens with zero attached hydrogens (tertiary/aromatic N) is 1. The molecule has 1 aliphatic carbocycles. The third-order valence-corrected chi connectivity index (χ3v) is 4.75. The van der Waals surface area contributed by atoms with Gasteiger partial charge in [-0.25, -0.2) is 9.38 Å². The van der Waals surface area contributed by atoms with E-state index in [-0.39, 0.29) is 5.82 Å². The Balaban J connectivity index is 1.79. The number of nitrogens with one attached hydrogen (secondary N) is 1. The summed E-state index contributed by atoms with van der Waals surface area (Å²) < 4.78 is 18.6. The van der Waals surface area contributed by atoms with E-state index in [4.69, 9.17) is 4.74 Å². The highest BCUT2D eigenvalue weighted by Gasteiger charge is 2.17. The van der Waals surface area contributed by atoms with Crippen molar-refractivity contribution in [1.29, 1.82) is 0 Å². The van der Waals surface area contributed by atoms with E-state index in [0.717, 1.165) is 58.8 Å². The molecular formula is C23H21FN2O. The molecule has 136 valence electrons. The zero-order valence-corrected chi connectivity index (χ0v) is 15.2. The SMILES string of the molecule is COC1=CC=C(/C2=C/CC/C=N\c3[nH]c(-c4ccc(F)cc4)cc32)C=CC1. The van der Waals surface area contributed by atoms with Gasteiger partial charge in [-0.1, -0.05) is 24.3 Å². The first-order valence-electron chi connectivity index (χ1n) is 9.08. The number of aromatic nitrogens is 1. The Bertz CT molecular complexity index is 988. The van der Waals surface area contributed by atoms with Crippen LogP contribution in [0.2, 0.25) is 0 Å². The topological polar surface area (TPSA) is 37.4 Å². The molecule has 1 aromatic carbocycles. The largest absolute Gasteiger partial charge is 0.501 e. The van der Waals surface area contributed by atoms with Crippen molar-refractivity contribution in [1.82, 2.24) is 4.98 Å². The summed E-state index contributed by atoms with van der Waals surface area (Å²) in [5, 5.41) is 0. The van der Waals surface area contributed by atoms with Gasteiger partial charge < -0.3 is 9.72 Å². The van der Waals surface area contributed by atoms with Crippen molar-refractivity contribution in [2.45, 2.75) is 19.3 Å². The van der Waals surface area contributed by atoms with Crippen LogP contribution in [-0.2, 0) is 4.74 Å². The smallest absolute Gasteiger partial charge is 0.137 e. The van der Waals surface area contributed by atoms with E-state index in [1.165, 1.54) is 12.1 Å². The third-order valence-electron chi connectivity index (χ3n) is 4.75. The molecule has 1 aromatic heterocycles. The molecule has 0 saturated carbocycles. The Morgan fingerprint density at radius 2 is 1.96 bits per heavy atom. The van der Waals surface area contributed by atoms with E-state index in [1.807, 2.05) is 12.3 Å². The molecular weight excluding hydrogens is 339 g/mol.